The third kappa shape index (κ3) is 4.46. The predicted molar refractivity (Wildman–Crippen MR) is 118 cm³/mol. The molecule has 1 amide bonds. The fraction of sp³-hybridized carbons (Fsp3) is 0.120. The normalized spacial score (nSPS) is 10.7. The van der Waals surface area contributed by atoms with E-state index in [4.69, 9.17) is 13.9 Å². The average Bonchev–Trinajstić information content (AvgIpc) is 2.78. The van der Waals surface area contributed by atoms with Gasteiger partial charge in [0.2, 0.25) is 0 Å². The molecule has 0 aliphatic rings. The highest BCUT2D eigenvalue weighted by Gasteiger charge is 2.17. The lowest BCUT2D eigenvalue weighted by molar-refractivity contribution is 0.171. The molecule has 1 heterocycles. The number of rotatable bonds is 5. The molecular weight excluding hydrogens is 413 g/mol. The highest BCUT2D eigenvalue weighted by Crippen LogP contribution is 2.33. The molecule has 32 heavy (non-hydrogen) atoms. The minimum atomic E-state index is -0.606. The minimum Gasteiger partial charge on any atom is -0.488 e. The zero-order valence-electron chi connectivity index (χ0n) is 17.5. The molecule has 4 rings (SSSR count). The third-order valence-electron chi connectivity index (χ3n) is 4.74. The molecule has 0 bridgehead atoms. The van der Waals surface area contributed by atoms with Crippen molar-refractivity contribution in [1.82, 2.24) is 4.90 Å². The Kier molecular flexibility index (Phi) is 5.89. The second kappa shape index (κ2) is 8.93. The lowest BCUT2D eigenvalue weighted by Gasteiger charge is -2.14. The Morgan fingerprint density at radius 2 is 1.72 bits per heavy atom. The summed E-state index contributed by atoms with van der Waals surface area (Å²) in [5.74, 6) is 0.193. The molecule has 0 radical (unpaired) electrons. The maximum absolute atomic E-state index is 14.0. The Morgan fingerprint density at radius 3 is 2.44 bits per heavy atom. The number of fused-ring (bicyclic) bond motifs is 1. The molecule has 0 unspecified atom stereocenters. The molecule has 0 aliphatic heterocycles. The van der Waals surface area contributed by atoms with Gasteiger partial charge in [0.05, 0.1) is 0 Å². The van der Waals surface area contributed by atoms with Gasteiger partial charge in [0.15, 0.2) is 5.43 Å². The smallest absolute Gasteiger partial charge is 0.414 e. The van der Waals surface area contributed by atoms with Gasteiger partial charge in [0.1, 0.15) is 40.7 Å². The second-order valence-electron chi connectivity index (χ2n) is 7.28. The van der Waals surface area contributed by atoms with Crippen molar-refractivity contribution in [2.75, 3.05) is 14.1 Å². The molecule has 0 spiro atoms. The molecular formula is C25H20FNO5. The number of carbonyl (C=O) groups excluding carboxylic acids is 1. The van der Waals surface area contributed by atoms with Gasteiger partial charge in [-0.15, -0.1) is 0 Å². The first-order valence-electron chi connectivity index (χ1n) is 9.85. The summed E-state index contributed by atoms with van der Waals surface area (Å²) in [7, 11) is 3.10. The number of benzene rings is 3. The highest BCUT2D eigenvalue weighted by molar-refractivity contribution is 5.87. The Labute approximate surface area is 183 Å². The SMILES string of the molecule is CN(C)C(=O)Oc1cc(OCc2ccccc2F)c2c(=O)cc(-c3ccccc3)oc2c1. The van der Waals surface area contributed by atoms with E-state index in [1.807, 2.05) is 30.3 Å². The van der Waals surface area contributed by atoms with Crippen LogP contribution >= 0.6 is 0 Å². The van der Waals surface area contributed by atoms with Gasteiger partial charge in [-0.25, -0.2) is 9.18 Å². The van der Waals surface area contributed by atoms with E-state index < -0.39 is 11.9 Å². The van der Waals surface area contributed by atoms with Crippen molar-refractivity contribution in [1.29, 1.82) is 0 Å². The van der Waals surface area contributed by atoms with Gasteiger partial charge in [0.25, 0.3) is 0 Å². The van der Waals surface area contributed by atoms with Crippen LogP contribution in [-0.2, 0) is 6.61 Å². The largest absolute Gasteiger partial charge is 0.488 e. The van der Waals surface area contributed by atoms with E-state index in [9.17, 15) is 14.0 Å². The summed E-state index contributed by atoms with van der Waals surface area (Å²) < 4.78 is 31.1. The Bertz CT molecular complexity index is 1330. The Balaban J connectivity index is 1.81. The first kappa shape index (κ1) is 21.1. The van der Waals surface area contributed by atoms with Crippen molar-refractivity contribution in [3.05, 3.63) is 94.4 Å². The number of amides is 1. The summed E-state index contributed by atoms with van der Waals surface area (Å²) in [6.07, 6.45) is -0.606. The summed E-state index contributed by atoms with van der Waals surface area (Å²) in [5, 5.41) is 0.172. The maximum Gasteiger partial charge on any atom is 0.414 e. The first-order valence-corrected chi connectivity index (χ1v) is 9.85. The summed E-state index contributed by atoms with van der Waals surface area (Å²) in [5.41, 5.74) is 0.890. The zero-order valence-corrected chi connectivity index (χ0v) is 17.5. The molecule has 0 saturated heterocycles. The molecule has 7 heteroatoms. The van der Waals surface area contributed by atoms with Gasteiger partial charge in [-0.05, 0) is 6.07 Å². The van der Waals surface area contributed by atoms with E-state index in [0.717, 1.165) is 5.56 Å². The zero-order chi connectivity index (χ0) is 22.7. The van der Waals surface area contributed by atoms with E-state index in [0.29, 0.717) is 11.3 Å². The van der Waals surface area contributed by atoms with Crippen LogP contribution in [0.3, 0.4) is 0 Å². The number of carbonyl (C=O) groups is 1. The highest BCUT2D eigenvalue weighted by atomic mass is 19.1. The molecule has 0 aliphatic carbocycles. The molecule has 0 fully saturated rings. The van der Waals surface area contributed by atoms with E-state index >= 15 is 0 Å². The predicted octanol–water partition coefficient (Wildman–Crippen LogP) is 5.24. The maximum atomic E-state index is 14.0. The fourth-order valence-corrected chi connectivity index (χ4v) is 3.11. The van der Waals surface area contributed by atoms with Gasteiger partial charge in [-0.2, -0.15) is 0 Å². The number of hydrogen-bond acceptors (Lipinski definition) is 5. The van der Waals surface area contributed by atoms with Gasteiger partial charge >= 0.3 is 6.09 Å². The minimum absolute atomic E-state index is 0.118. The van der Waals surface area contributed by atoms with E-state index in [-0.39, 0.29) is 34.5 Å². The van der Waals surface area contributed by atoms with Crippen LogP contribution in [0, 0.1) is 5.82 Å². The molecule has 3 aromatic carbocycles. The van der Waals surface area contributed by atoms with Crippen LogP contribution in [0.2, 0.25) is 0 Å². The number of ether oxygens (including phenoxy) is 2. The van der Waals surface area contributed by atoms with Gasteiger partial charge < -0.3 is 18.8 Å². The van der Waals surface area contributed by atoms with E-state index in [2.05, 4.69) is 0 Å². The molecule has 0 saturated carbocycles. The molecule has 1 aromatic heterocycles. The van der Waals surface area contributed by atoms with E-state index in [1.54, 1.807) is 32.3 Å². The quantitative estimate of drug-likeness (QED) is 0.431. The van der Waals surface area contributed by atoms with Crippen LogP contribution < -0.4 is 14.9 Å². The molecule has 6 nitrogen and oxygen atoms in total. The summed E-state index contributed by atoms with van der Waals surface area (Å²) in [6, 6.07) is 19.6. The Morgan fingerprint density at radius 1 is 1.00 bits per heavy atom. The van der Waals surface area contributed by atoms with Crippen LogP contribution in [0.15, 0.2) is 82.0 Å². The molecule has 4 aromatic rings. The van der Waals surface area contributed by atoms with Gasteiger partial charge in [-0.3, -0.25) is 4.79 Å². The molecule has 0 atom stereocenters. The summed E-state index contributed by atoms with van der Waals surface area (Å²) in [6.45, 7) is -0.118. The number of halogens is 1. The first-order chi connectivity index (χ1) is 15.4. The van der Waals surface area contributed by atoms with Crippen molar-refractivity contribution in [2.24, 2.45) is 0 Å². The van der Waals surface area contributed by atoms with Crippen LogP contribution in [0.25, 0.3) is 22.3 Å². The van der Waals surface area contributed by atoms with Crippen molar-refractivity contribution >= 4 is 17.1 Å². The summed E-state index contributed by atoms with van der Waals surface area (Å²) >= 11 is 0. The van der Waals surface area contributed by atoms with Crippen molar-refractivity contribution in [2.45, 2.75) is 6.61 Å². The molecule has 0 N–H and O–H groups in total. The van der Waals surface area contributed by atoms with Gasteiger partial charge in [0, 0.05) is 43.4 Å². The van der Waals surface area contributed by atoms with Crippen LogP contribution in [0.5, 0.6) is 11.5 Å². The van der Waals surface area contributed by atoms with Crippen molar-refractivity contribution < 1.29 is 23.1 Å². The van der Waals surface area contributed by atoms with E-state index in [1.165, 1.54) is 29.2 Å². The number of nitrogens with zero attached hydrogens (tertiary/aromatic N) is 1. The average molecular weight is 433 g/mol. The standard InChI is InChI=1S/C25H20FNO5/c1-27(2)25(29)31-18-12-22(30-15-17-10-6-7-11-19(17)26)24-20(28)14-21(32-23(24)13-18)16-8-4-3-5-9-16/h3-14H,15H2,1-2H3. The summed E-state index contributed by atoms with van der Waals surface area (Å²) in [4.78, 5) is 26.3. The van der Waals surface area contributed by atoms with Crippen LogP contribution in [-0.4, -0.2) is 25.1 Å². The number of hydrogen-bond donors (Lipinski definition) is 0. The third-order valence-corrected chi connectivity index (χ3v) is 4.74. The second-order valence-corrected chi connectivity index (χ2v) is 7.28. The van der Waals surface area contributed by atoms with Crippen molar-refractivity contribution in [3.8, 4) is 22.8 Å². The fourth-order valence-electron chi connectivity index (χ4n) is 3.11. The lowest BCUT2D eigenvalue weighted by atomic mass is 10.1. The van der Waals surface area contributed by atoms with Crippen LogP contribution in [0.1, 0.15) is 5.56 Å². The van der Waals surface area contributed by atoms with Crippen LogP contribution in [0.4, 0.5) is 9.18 Å². The van der Waals surface area contributed by atoms with Crippen molar-refractivity contribution in [3.63, 3.8) is 0 Å². The monoisotopic (exact) mass is 433 g/mol. The Hall–Kier alpha value is -4.13. The topological polar surface area (TPSA) is 69.0 Å². The van der Waals surface area contributed by atoms with Gasteiger partial charge in [-0.1, -0.05) is 48.5 Å². The molecule has 162 valence electrons. The lowest BCUT2D eigenvalue weighted by Crippen LogP contribution is -2.25.